The van der Waals surface area contributed by atoms with Crippen LogP contribution in [0.5, 0.6) is 0 Å². The summed E-state index contributed by atoms with van der Waals surface area (Å²) in [7, 11) is -4.07. The van der Waals surface area contributed by atoms with E-state index >= 15 is 0 Å². The maximum absolute atomic E-state index is 13.9. The van der Waals surface area contributed by atoms with Crippen LogP contribution in [-0.2, 0) is 26.2 Å². The molecule has 0 aromatic heterocycles. The van der Waals surface area contributed by atoms with Gasteiger partial charge < -0.3 is 10.2 Å². The summed E-state index contributed by atoms with van der Waals surface area (Å²) in [5.41, 5.74) is 2.62. The Hall–Kier alpha value is -3.65. The highest BCUT2D eigenvalue weighted by molar-refractivity contribution is 7.92. The SMILES string of the molecule is Cc1cccc(CN(C(=O)CN(c2cccc(C)c2)S(=O)(=O)c2ccccc2)C(C)C(=O)NC(C)(C)C)c1. The first-order valence-electron chi connectivity index (χ1n) is 12.6. The molecule has 7 nitrogen and oxygen atoms in total. The summed E-state index contributed by atoms with van der Waals surface area (Å²) in [6, 6.07) is 21.9. The Balaban J connectivity index is 2.03. The monoisotopic (exact) mass is 535 g/mol. The molecule has 0 aliphatic carbocycles. The van der Waals surface area contributed by atoms with Gasteiger partial charge in [0.2, 0.25) is 11.8 Å². The number of carbonyl (C=O) groups excluding carboxylic acids is 2. The molecule has 0 radical (unpaired) electrons. The van der Waals surface area contributed by atoms with Crippen LogP contribution in [0.4, 0.5) is 5.69 Å². The molecule has 0 bridgehead atoms. The molecule has 38 heavy (non-hydrogen) atoms. The van der Waals surface area contributed by atoms with Crippen LogP contribution >= 0.6 is 0 Å². The second-order valence-electron chi connectivity index (χ2n) is 10.6. The highest BCUT2D eigenvalue weighted by Gasteiger charge is 2.33. The minimum absolute atomic E-state index is 0.0815. The van der Waals surface area contributed by atoms with Crippen LogP contribution < -0.4 is 9.62 Å². The Morgan fingerprint density at radius 1 is 0.868 bits per heavy atom. The van der Waals surface area contributed by atoms with E-state index in [0.717, 1.165) is 21.0 Å². The molecule has 0 saturated carbocycles. The quantitative estimate of drug-likeness (QED) is 0.425. The third-order valence-corrected chi connectivity index (χ3v) is 7.79. The summed E-state index contributed by atoms with van der Waals surface area (Å²) in [5.74, 6) is -0.796. The Bertz CT molecular complexity index is 1380. The number of benzene rings is 3. The molecule has 0 fully saturated rings. The molecular formula is C30H37N3O4S. The van der Waals surface area contributed by atoms with E-state index in [4.69, 9.17) is 0 Å². The maximum Gasteiger partial charge on any atom is 0.264 e. The molecule has 0 aliphatic heterocycles. The van der Waals surface area contributed by atoms with E-state index in [0.29, 0.717) is 5.69 Å². The third kappa shape index (κ3) is 7.44. The number of rotatable bonds is 9. The van der Waals surface area contributed by atoms with Gasteiger partial charge >= 0.3 is 0 Å². The second kappa shape index (κ2) is 11.8. The van der Waals surface area contributed by atoms with Crippen LogP contribution in [0.1, 0.15) is 44.4 Å². The van der Waals surface area contributed by atoms with Crippen molar-refractivity contribution < 1.29 is 18.0 Å². The van der Waals surface area contributed by atoms with E-state index in [9.17, 15) is 18.0 Å². The van der Waals surface area contributed by atoms with E-state index in [1.807, 2.05) is 65.0 Å². The first-order valence-corrected chi connectivity index (χ1v) is 14.0. The second-order valence-corrected chi connectivity index (χ2v) is 12.5. The topological polar surface area (TPSA) is 86.8 Å². The molecule has 202 valence electrons. The highest BCUT2D eigenvalue weighted by Crippen LogP contribution is 2.25. The van der Waals surface area contributed by atoms with Crippen molar-refractivity contribution in [3.63, 3.8) is 0 Å². The van der Waals surface area contributed by atoms with Gasteiger partial charge in [0.05, 0.1) is 10.6 Å². The number of amides is 2. The Morgan fingerprint density at radius 3 is 2.05 bits per heavy atom. The van der Waals surface area contributed by atoms with Crippen molar-refractivity contribution in [2.45, 2.75) is 64.6 Å². The van der Waals surface area contributed by atoms with Gasteiger partial charge in [-0.3, -0.25) is 13.9 Å². The van der Waals surface area contributed by atoms with Gasteiger partial charge in [-0.25, -0.2) is 8.42 Å². The summed E-state index contributed by atoms with van der Waals surface area (Å²) < 4.78 is 28.7. The molecule has 2 amide bonds. The number of nitrogens with one attached hydrogen (secondary N) is 1. The highest BCUT2D eigenvalue weighted by atomic mass is 32.2. The summed E-state index contributed by atoms with van der Waals surface area (Å²) >= 11 is 0. The van der Waals surface area contributed by atoms with E-state index in [-0.39, 0.29) is 17.3 Å². The number of aryl methyl sites for hydroxylation is 2. The third-order valence-electron chi connectivity index (χ3n) is 6.00. The van der Waals surface area contributed by atoms with Crippen LogP contribution in [0.15, 0.2) is 83.8 Å². The van der Waals surface area contributed by atoms with Crippen LogP contribution in [0.2, 0.25) is 0 Å². The predicted octanol–water partition coefficient (Wildman–Crippen LogP) is 4.83. The minimum atomic E-state index is -4.07. The van der Waals surface area contributed by atoms with Gasteiger partial charge in [-0.1, -0.05) is 60.2 Å². The van der Waals surface area contributed by atoms with Crippen molar-refractivity contribution in [1.82, 2.24) is 10.2 Å². The number of sulfonamides is 1. The fourth-order valence-corrected chi connectivity index (χ4v) is 5.52. The summed E-state index contributed by atoms with van der Waals surface area (Å²) in [6.45, 7) is 10.8. The van der Waals surface area contributed by atoms with E-state index < -0.39 is 34.1 Å². The van der Waals surface area contributed by atoms with Gasteiger partial charge in [0.15, 0.2) is 0 Å². The summed E-state index contributed by atoms with van der Waals surface area (Å²) in [5, 5.41) is 2.94. The zero-order chi connectivity index (χ0) is 28.1. The van der Waals surface area contributed by atoms with Crippen LogP contribution in [0, 0.1) is 13.8 Å². The smallest absolute Gasteiger partial charge is 0.264 e. The molecule has 0 aliphatic rings. The lowest BCUT2D eigenvalue weighted by Crippen LogP contribution is -2.54. The van der Waals surface area contributed by atoms with Crippen LogP contribution in [-0.4, -0.2) is 43.3 Å². The van der Waals surface area contributed by atoms with Gasteiger partial charge in [0, 0.05) is 12.1 Å². The van der Waals surface area contributed by atoms with Crippen molar-refractivity contribution in [3.8, 4) is 0 Å². The lowest BCUT2D eigenvalue weighted by molar-refractivity contribution is -0.140. The largest absolute Gasteiger partial charge is 0.350 e. The zero-order valence-electron chi connectivity index (χ0n) is 22.9. The van der Waals surface area contributed by atoms with Gasteiger partial charge in [0.25, 0.3) is 10.0 Å². The zero-order valence-corrected chi connectivity index (χ0v) is 23.7. The number of anilines is 1. The lowest BCUT2D eigenvalue weighted by Gasteiger charge is -2.33. The molecule has 3 aromatic rings. The van der Waals surface area contributed by atoms with Crippen molar-refractivity contribution in [1.29, 1.82) is 0 Å². The lowest BCUT2D eigenvalue weighted by atomic mass is 10.1. The van der Waals surface area contributed by atoms with Gasteiger partial charge in [-0.2, -0.15) is 0 Å². The Kier molecular flexibility index (Phi) is 8.99. The van der Waals surface area contributed by atoms with Gasteiger partial charge in [0.1, 0.15) is 12.6 Å². The van der Waals surface area contributed by atoms with E-state index in [2.05, 4.69) is 5.32 Å². The minimum Gasteiger partial charge on any atom is -0.350 e. The fourth-order valence-electron chi connectivity index (χ4n) is 4.10. The van der Waals surface area contributed by atoms with E-state index in [1.165, 1.54) is 17.0 Å². The molecule has 1 atom stereocenters. The average molecular weight is 536 g/mol. The summed E-state index contributed by atoms with van der Waals surface area (Å²) in [6.07, 6.45) is 0. The number of hydrogen-bond donors (Lipinski definition) is 1. The molecule has 0 saturated heterocycles. The predicted molar refractivity (Wildman–Crippen MR) is 151 cm³/mol. The maximum atomic E-state index is 13.9. The number of carbonyl (C=O) groups is 2. The molecule has 1 unspecified atom stereocenters. The van der Waals surface area contributed by atoms with Gasteiger partial charge in [-0.15, -0.1) is 0 Å². The van der Waals surface area contributed by atoms with E-state index in [1.54, 1.807) is 43.3 Å². The van der Waals surface area contributed by atoms with Crippen LogP contribution in [0.3, 0.4) is 0 Å². The normalized spacial score (nSPS) is 12.5. The molecule has 3 aromatic carbocycles. The molecule has 8 heteroatoms. The number of nitrogens with zero attached hydrogens (tertiary/aromatic N) is 2. The first kappa shape index (κ1) is 28.9. The molecule has 3 rings (SSSR count). The molecular weight excluding hydrogens is 498 g/mol. The molecule has 0 heterocycles. The van der Waals surface area contributed by atoms with Crippen molar-refractivity contribution in [3.05, 3.63) is 95.6 Å². The molecule has 0 spiro atoms. The van der Waals surface area contributed by atoms with Crippen LogP contribution in [0.25, 0.3) is 0 Å². The number of hydrogen-bond acceptors (Lipinski definition) is 4. The first-order chi connectivity index (χ1) is 17.8. The standard InChI is InChI=1S/C30H37N3O4S/c1-22-12-10-14-25(18-22)20-32(24(3)29(35)31-30(4,5)6)28(34)21-33(26-15-11-13-23(2)19-26)38(36,37)27-16-8-7-9-17-27/h7-19,24H,20-21H2,1-6H3,(H,31,35). The Labute approximate surface area is 226 Å². The van der Waals surface area contributed by atoms with Gasteiger partial charge in [-0.05, 0) is 76.9 Å². The fraction of sp³-hybridized carbons (Fsp3) is 0.333. The molecule has 1 N–H and O–H groups in total. The van der Waals surface area contributed by atoms with Crippen molar-refractivity contribution in [2.24, 2.45) is 0 Å². The summed E-state index contributed by atoms with van der Waals surface area (Å²) in [4.78, 5) is 28.6. The average Bonchev–Trinajstić information content (AvgIpc) is 2.84. The van der Waals surface area contributed by atoms with Crippen molar-refractivity contribution in [2.75, 3.05) is 10.8 Å². The van der Waals surface area contributed by atoms with Crippen molar-refractivity contribution >= 4 is 27.5 Å². The Morgan fingerprint density at radius 2 is 1.47 bits per heavy atom.